The van der Waals surface area contributed by atoms with Gasteiger partial charge in [-0.2, -0.15) is 0 Å². The van der Waals surface area contributed by atoms with Crippen LogP contribution in [-0.2, 0) is 6.42 Å². The van der Waals surface area contributed by atoms with E-state index in [9.17, 15) is 4.79 Å². The largest absolute Gasteiger partial charge is 0.493 e. The Hall–Kier alpha value is -2.38. The van der Waals surface area contributed by atoms with Gasteiger partial charge < -0.3 is 9.47 Å². The summed E-state index contributed by atoms with van der Waals surface area (Å²) >= 11 is 2.93. The number of anilines is 1. The molecule has 7 heteroatoms. The van der Waals surface area contributed by atoms with Gasteiger partial charge in [-0.15, -0.1) is 22.7 Å². The molecule has 1 aromatic carbocycles. The lowest BCUT2D eigenvalue weighted by molar-refractivity contribution is 0.103. The predicted octanol–water partition coefficient (Wildman–Crippen LogP) is 5.09. The molecule has 1 N–H and O–H groups in total. The Morgan fingerprint density at radius 2 is 2.00 bits per heavy atom. The van der Waals surface area contributed by atoms with Crippen LogP contribution in [0.4, 0.5) is 5.13 Å². The van der Waals surface area contributed by atoms with Crippen LogP contribution >= 0.6 is 22.7 Å². The maximum absolute atomic E-state index is 12.3. The SMILES string of the molecule is CCCc1sc(NC(=O)c2cccs2)nc1-c1ccc(OC)c(OC)c1. The predicted molar refractivity (Wildman–Crippen MR) is 107 cm³/mol. The molecule has 0 saturated carbocycles. The Balaban J connectivity index is 1.93. The number of methoxy groups -OCH3 is 2. The summed E-state index contributed by atoms with van der Waals surface area (Å²) in [6, 6.07) is 9.40. The fraction of sp³-hybridized carbons (Fsp3) is 0.263. The smallest absolute Gasteiger partial charge is 0.267 e. The van der Waals surface area contributed by atoms with Crippen LogP contribution in [0.15, 0.2) is 35.7 Å². The highest BCUT2D eigenvalue weighted by atomic mass is 32.1. The molecule has 2 aromatic heterocycles. The molecule has 0 saturated heterocycles. The van der Waals surface area contributed by atoms with Gasteiger partial charge in [-0.1, -0.05) is 19.4 Å². The van der Waals surface area contributed by atoms with Crippen LogP contribution in [0.25, 0.3) is 11.3 Å². The average Bonchev–Trinajstić information content (AvgIpc) is 3.31. The van der Waals surface area contributed by atoms with E-state index in [1.807, 2.05) is 29.6 Å². The maximum Gasteiger partial charge on any atom is 0.267 e. The third kappa shape index (κ3) is 3.89. The number of nitrogens with zero attached hydrogens (tertiary/aromatic N) is 1. The Labute approximate surface area is 160 Å². The molecule has 0 spiro atoms. The molecule has 0 unspecified atom stereocenters. The third-order valence-corrected chi connectivity index (χ3v) is 5.70. The van der Waals surface area contributed by atoms with Gasteiger partial charge in [0.1, 0.15) is 0 Å². The van der Waals surface area contributed by atoms with E-state index in [0.29, 0.717) is 21.5 Å². The quantitative estimate of drug-likeness (QED) is 0.612. The fourth-order valence-corrected chi connectivity index (χ4v) is 4.28. The lowest BCUT2D eigenvalue weighted by atomic mass is 10.1. The van der Waals surface area contributed by atoms with Gasteiger partial charge in [0.05, 0.1) is 24.8 Å². The topological polar surface area (TPSA) is 60.5 Å². The van der Waals surface area contributed by atoms with E-state index in [-0.39, 0.29) is 5.91 Å². The first-order chi connectivity index (χ1) is 12.7. The molecule has 0 aliphatic heterocycles. The van der Waals surface area contributed by atoms with E-state index >= 15 is 0 Å². The standard InChI is InChI=1S/C19H20N2O3S2/c1-4-6-15-17(12-8-9-13(23-2)14(11-12)24-3)20-19(26-15)21-18(22)16-7-5-10-25-16/h5,7-11H,4,6H2,1-3H3,(H,20,21,22). The van der Waals surface area contributed by atoms with E-state index in [1.165, 1.54) is 22.7 Å². The van der Waals surface area contributed by atoms with Crippen LogP contribution in [0, 0.1) is 0 Å². The molecule has 0 atom stereocenters. The summed E-state index contributed by atoms with van der Waals surface area (Å²) in [6.45, 7) is 2.13. The highest BCUT2D eigenvalue weighted by Crippen LogP contribution is 2.37. The van der Waals surface area contributed by atoms with Crippen molar-refractivity contribution in [3.63, 3.8) is 0 Å². The zero-order valence-corrected chi connectivity index (χ0v) is 16.5. The van der Waals surface area contributed by atoms with Crippen molar-refractivity contribution in [1.82, 2.24) is 4.98 Å². The van der Waals surface area contributed by atoms with Crippen molar-refractivity contribution in [2.24, 2.45) is 0 Å². The molecule has 0 bridgehead atoms. The number of thiazole rings is 1. The number of benzene rings is 1. The zero-order chi connectivity index (χ0) is 18.5. The van der Waals surface area contributed by atoms with Crippen LogP contribution < -0.4 is 14.8 Å². The van der Waals surface area contributed by atoms with Crippen LogP contribution in [0.2, 0.25) is 0 Å². The summed E-state index contributed by atoms with van der Waals surface area (Å²) in [6.07, 6.45) is 1.90. The van der Waals surface area contributed by atoms with E-state index < -0.39 is 0 Å². The monoisotopic (exact) mass is 388 g/mol. The normalized spacial score (nSPS) is 10.6. The van der Waals surface area contributed by atoms with Crippen LogP contribution in [0.1, 0.15) is 27.9 Å². The molecule has 136 valence electrons. The van der Waals surface area contributed by atoms with E-state index in [0.717, 1.165) is 29.0 Å². The van der Waals surface area contributed by atoms with Crippen LogP contribution in [0.3, 0.4) is 0 Å². The maximum atomic E-state index is 12.3. The number of carbonyl (C=O) groups excluding carboxylic acids is 1. The Kier molecular flexibility index (Phi) is 5.90. The molecule has 1 amide bonds. The van der Waals surface area contributed by atoms with Gasteiger partial charge in [-0.05, 0) is 36.1 Å². The van der Waals surface area contributed by atoms with Gasteiger partial charge in [-0.25, -0.2) is 4.98 Å². The Morgan fingerprint density at radius 1 is 1.19 bits per heavy atom. The van der Waals surface area contributed by atoms with Crippen LogP contribution in [0.5, 0.6) is 11.5 Å². The molecule has 5 nitrogen and oxygen atoms in total. The van der Waals surface area contributed by atoms with Crippen molar-refractivity contribution in [3.8, 4) is 22.8 Å². The van der Waals surface area contributed by atoms with Gasteiger partial charge in [0.15, 0.2) is 16.6 Å². The second-order valence-electron chi connectivity index (χ2n) is 5.54. The molecule has 26 heavy (non-hydrogen) atoms. The fourth-order valence-electron chi connectivity index (χ4n) is 2.58. The van der Waals surface area contributed by atoms with Gasteiger partial charge in [0.25, 0.3) is 5.91 Å². The average molecular weight is 389 g/mol. The number of amides is 1. The number of nitrogens with one attached hydrogen (secondary N) is 1. The van der Waals surface area contributed by atoms with Crippen molar-refractivity contribution in [2.75, 3.05) is 19.5 Å². The van der Waals surface area contributed by atoms with E-state index in [2.05, 4.69) is 17.2 Å². The summed E-state index contributed by atoms with van der Waals surface area (Å²) in [7, 11) is 3.23. The number of thiophene rings is 1. The van der Waals surface area contributed by atoms with Crippen molar-refractivity contribution in [3.05, 3.63) is 45.5 Å². The van der Waals surface area contributed by atoms with Crippen LogP contribution in [-0.4, -0.2) is 25.1 Å². The number of rotatable bonds is 7. The van der Waals surface area contributed by atoms with Gasteiger partial charge in [0.2, 0.25) is 0 Å². The summed E-state index contributed by atoms with van der Waals surface area (Å²) < 4.78 is 10.7. The lowest BCUT2D eigenvalue weighted by Crippen LogP contribution is -2.09. The van der Waals surface area contributed by atoms with Gasteiger partial charge >= 0.3 is 0 Å². The van der Waals surface area contributed by atoms with Gasteiger partial charge in [0, 0.05) is 10.4 Å². The minimum absolute atomic E-state index is 0.129. The second-order valence-corrected chi connectivity index (χ2v) is 7.57. The summed E-state index contributed by atoms with van der Waals surface area (Å²) in [4.78, 5) is 18.8. The molecule has 0 fully saturated rings. The molecule has 0 aliphatic rings. The van der Waals surface area contributed by atoms with Crippen molar-refractivity contribution < 1.29 is 14.3 Å². The van der Waals surface area contributed by atoms with Crippen molar-refractivity contribution in [2.45, 2.75) is 19.8 Å². The molecule has 3 rings (SSSR count). The van der Waals surface area contributed by atoms with Crippen molar-refractivity contribution in [1.29, 1.82) is 0 Å². The number of carbonyl (C=O) groups is 1. The third-order valence-electron chi connectivity index (χ3n) is 3.80. The highest BCUT2D eigenvalue weighted by Gasteiger charge is 2.17. The Morgan fingerprint density at radius 3 is 2.65 bits per heavy atom. The molecule has 0 radical (unpaired) electrons. The first-order valence-corrected chi connectivity index (χ1v) is 9.92. The molecular weight excluding hydrogens is 368 g/mol. The number of aromatic nitrogens is 1. The summed E-state index contributed by atoms with van der Waals surface area (Å²) in [5, 5.41) is 5.40. The highest BCUT2D eigenvalue weighted by molar-refractivity contribution is 7.16. The van der Waals surface area contributed by atoms with E-state index in [4.69, 9.17) is 9.47 Å². The van der Waals surface area contributed by atoms with Gasteiger partial charge in [-0.3, -0.25) is 10.1 Å². The molecule has 3 aromatic rings. The number of hydrogen-bond donors (Lipinski definition) is 1. The first-order valence-electron chi connectivity index (χ1n) is 8.23. The Bertz CT molecular complexity index is 888. The number of hydrogen-bond acceptors (Lipinski definition) is 6. The minimum Gasteiger partial charge on any atom is -0.493 e. The second kappa shape index (κ2) is 8.33. The molecule has 0 aliphatic carbocycles. The van der Waals surface area contributed by atoms with E-state index in [1.54, 1.807) is 20.3 Å². The minimum atomic E-state index is -0.129. The lowest BCUT2D eigenvalue weighted by Gasteiger charge is -2.09. The van der Waals surface area contributed by atoms with Crippen molar-refractivity contribution >= 4 is 33.7 Å². The number of aryl methyl sites for hydroxylation is 1. The molecular formula is C19H20N2O3S2. The molecule has 2 heterocycles. The number of ether oxygens (including phenoxy) is 2. The zero-order valence-electron chi connectivity index (χ0n) is 14.9. The first kappa shape index (κ1) is 18.4. The summed E-state index contributed by atoms with van der Waals surface area (Å²) in [5.41, 5.74) is 1.82. The summed E-state index contributed by atoms with van der Waals surface area (Å²) in [5.74, 6) is 1.20.